The molecule has 0 spiro atoms. The Balaban J connectivity index is 2.70. The number of hydrogen-bond donors (Lipinski definition) is 3. The highest BCUT2D eigenvalue weighted by atomic mass is 79.9. The fraction of sp³-hybridized carbons (Fsp3) is 0.444. The van der Waals surface area contributed by atoms with Crippen LogP contribution in [0, 0.1) is 5.92 Å². The van der Waals surface area contributed by atoms with Crippen molar-refractivity contribution in [3.63, 3.8) is 0 Å². The van der Waals surface area contributed by atoms with Gasteiger partial charge in [0.2, 0.25) is 5.91 Å². The Bertz CT molecular complexity index is 711. The molecule has 0 aliphatic heterocycles. The zero-order valence-electron chi connectivity index (χ0n) is 15.4. The number of halogens is 2. The first kappa shape index (κ1) is 23.5. The fourth-order valence-corrected chi connectivity index (χ4v) is 2.47. The molecule has 3 N–H and O–H groups in total. The van der Waals surface area contributed by atoms with Crippen molar-refractivity contribution in [2.24, 2.45) is 5.92 Å². The smallest absolute Gasteiger partial charge is 0.408 e. The molecule has 0 fully saturated rings. The zero-order valence-corrected chi connectivity index (χ0v) is 17.0. The van der Waals surface area contributed by atoms with E-state index in [-0.39, 0.29) is 6.61 Å². The van der Waals surface area contributed by atoms with Gasteiger partial charge in [0.25, 0.3) is 0 Å². The van der Waals surface area contributed by atoms with E-state index in [2.05, 4.69) is 26.6 Å². The Morgan fingerprint density at radius 1 is 1.14 bits per heavy atom. The first-order valence-corrected chi connectivity index (χ1v) is 9.22. The molecule has 154 valence electrons. The second-order valence-electron chi connectivity index (χ2n) is 6.33. The number of alkyl carbamates (subject to hydrolysis) is 1. The van der Waals surface area contributed by atoms with Gasteiger partial charge in [-0.15, -0.1) is 0 Å². The molecule has 1 aromatic rings. The third kappa shape index (κ3) is 8.03. The van der Waals surface area contributed by atoms with Crippen LogP contribution in [0.4, 0.5) is 9.18 Å². The predicted molar refractivity (Wildman–Crippen MR) is 101 cm³/mol. The summed E-state index contributed by atoms with van der Waals surface area (Å²) >= 11 is 3.29. The second kappa shape index (κ2) is 11.4. The number of carboxylic acids is 1. The van der Waals surface area contributed by atoms with Crippen LogP contribution in [0.3, 0.4) is 0 Å². The van der Waals surface area contributed by atoms with Gasteiger partial charge in [0.15, 0.2) is 5.78 Å². The highest BCUT2D eigenvalue weighted by Crippen LogP contribution is 2.11. The predicted octanol–water partition coefficient (Wildman–Crippen LogP) is 2.20. The van der Waals surface area contributed by atoms with E-state index in [0.717, 1.165) is 10.0 Å². The monoisotopic (exact) mass is 460 g/mol. The van der Waals surface area contributed by atoms with Crippen LogP contribution in [0.2, 0.25) is 0 Å². The molecule has 8 nitrogen and oxygen atoms in total. The fourth-order valence-electron chi connectivity index (χ4n) is 2.21. The number of aliphatic carboxylic acids is 1. The summed E-state index contributed by atoms with van der Waals surface area (Å²) in [5.74, 6) is -3.62. The Morgan fingerprint density at radius 2 is 1.75 bits per heavy atom. The van der Waals surface area contributed by atoms with E-state index in [4.69, 9.17) is 9.84 Å². The number of carboxylic acid groups (broad SMARTS) is 1. The minimum atomic E-state index is -1.52. The molecule has 0 radical (unpaired) electrons. The van der Waals surface area contributed by atoms with Crippen molar-refractivity contribution in [2.75, 3.05) is 6.67 Å². The molecule has 1 aromatic carbocycles. The molecule has 2 atom stereocenters. The highest BCUT2D eigenvalue weighted by Gasteiger charge is 2.30. The minimum absolute atomic E-state index is 0.0203. The number of carbonyl (C=O) groups excluding carboxylic acids is 3. The lowest BCUT2D eigenvalue weighted by molar-refractivity contribution is -0.140. The van der Waals surface area contributed by atoms with E-state index in [1.54, 1.807) is 38.1 Å². The standard InChI is InChI=1S/C18H22BrFN2O6/c1-10(2)16(17(26)21-13(7-15(24)25)14(23)8-20)22-18(27)28-9-11-3-5-12(19)6-4-11/h3-6,10,13,16H,7-9H2,1-2H3,(H,21,26)(H,22,27)(H,24,25)/t13-,16-/m0/s1. The molecule has 2 amide bonds. The van der Waals surface area contributed by atoms with E-state index in [1.165, 1.54) is 0 Å². The van der Waals surface area contributed by atoms with Gasteiger partial charge in [0.1, 0.15) is 25.4 Å². The second-order valence-corrected chi connectivity index (χ2v) is 7.24. The molecule has 28 heavy (non-hydrogen) atoms. The molecule has 1 rings (SSSR count). The van der Waals surface area contributed by atoms with Crippen molar-refractivity contribution >= 4 is 39.7 Å². The maximum atomic E-state index is 12.6. The molecular weight excluding hydrogens is 439 g/mol. The van der Waals surface area contributed by atoms with Gasteiger partial charge >= 0.3 is 12.1 Å². The van der Waals surface area contributed by atoms with Crippen LogP contribution in [0.1, 0.15) is 25.8 Å². The Hall–Kier alpha value is -2.49. The first-order chi connectivity index (χ1) is 13.1. The lowest BCUT2D eigenvalue weighted by atomic mass is 10.0. The van der Waals surface area contributed by atoms with Crippen LogP contribution in [0.25, 0.3) is 0 Å². The molecule has 0 aliphatic carbocycles. The summed E-state index contributed by atoms with van der Waals surface area (Å²) in [5.41, 5.74) is 0.735. The normalized spacial score (nSPS) is 12.8. The third-order valence-electron chi connectivity index (χ3n) is 3.72. The van der Waals surface area contributed by atoms with Gasteiger partial charge in [-0.1, -0.05) is 41.9 Å². The van der Waals surface area contributed by atoms with Crippen LogP contribution >= 0.6 is 15.9 Å². The number of alkyl halides is 1. The molecule has 0 unspecified atom stereocenters. The minimum Gasteiger partial charge on any atom is -0.481 e. The van der Waals surface area contributed by atoms with Crippen molar-refractivity contribution in [1.82, 2.24) is 10.6 Å². The van der Waals surface area contributed by atoms with Gasteiger partial charge in [-0.2, -0.15) is 0 Å². The maximum absolute atomic E-state index is 12.6. The number of Topliss-reactive ketones (excluding diaryl/α,β-unsaturated/α-hetero) is 1. The summed E-state index contributed by atoms with van der Waals surface area (Å²) < 4.78 is 18.5. The number of benzene rings is 1. The first-order valence-electron chi connectivity index (χ1n) is 8.42. The summed E-state index contributed by atoms with van der Waals surface area (Å²) in [6.45, 7) is 1.85. The van der Waals surface area contributed by atoms with Gasteiger partial charge in [0, 0.05) is 4.47 Å². The zero-order chi connectivity index (χ0) is 21.3. The van der Waals surface area contributed by atoms with Gasteiger partial charge in [-0.05, 0) is 23.6 Å². The van der Waals surface area contributed by atoms with Crippen LogP contribution in [0.5, 0.6) is 0 Å². The Kier molecular flexibility index (Phi) is 9.57. The molecule has 0 saturated carbocycles. The summed E-state index contributed by atoms with van der Waals surface area (Å²) in [6, 6.07) is 4.46. The van der Waals surface area contributed by atoms with Crippen LogP contribution in [0.15, 0.2) is 28.7 Å². The van der Waals surface area contributed by atoms with Gasteiger partial charge in [0.05, 0.1) is 6.42 Å². The van der Waals surface area contributed by atoms with Gasteiger partial charge in [-0.25, -0.2) is 9.18 Å². The number of rotatable bonds is 10. The molecule has 0 bridgehead atoms. The van der Waals surface area contributed by atoms with E-state index in [9.17, 15) is 23.6 Å². The lowest BCUT2D eigenvalue weighted by Gasteiger charge is -2.24. The van der Waals surface area contributed by atoms with Gasteiger partial charge in [-0.3, -0.25) is 14.4 Å². The molecule has 0 heterocycles. The van der Waals surface area contributed by atoms with E-state index < -0.39 is 54.8 Å². The van der Waals surface area contributed by atoms with Crippen molar-refractivity contribution in [3.8, 4) is 0 Å². The summed E-state index contributed by atoms with van der Waals surface area (Å²) in [5, 5.41) is 13.4. The van der Waals surface area contributed by atoms with Crippen LogP contribution in [-0.4, -0.2) is 47.6 Å². The van der Waals surface area contributed by atoms with Crippen molar-refractivity contribution in [2.45, 2.75) is 39.0 Å². The third-order valence-corrected chi connectivity index (χ3v) is 4.25. The number of ether oxygens (including phenoxy) is 1. The maximum Gasteiger partial charge on any atom is 0.408 e. The average molecular weight is 461 g/mol. The quantitative estimate of drug-likeness (QED) is 0.491. The molecule has 0 aromatic heterocycles. The molecule has 10 heteroatoms. The molecular formula is C18H22BrFN2O6. The van der Waals surface area contributed by atoms with Crippen LogP contribution in [-0.2, 0) is 25.7 Å². The van der Waals surface area contributed by atoms with Crippen molar-refractivity contribution in [1.29, 1.82) is 0 Å². The van der Waals surface area contributed by atoms with Crippen LogP contribution < -0.4 is 10.6 Å². The van der Waals surface area contributed by atoms with Crippen molar-refractivity contribution in [3.05, 3.63) is 34.3 Å². The highest BCUT2D eigenvalue weighted by molar-refractivity contribution is 9.10. The number of hydrogen-bond acceptors (Lipinski definition) is 5. The molecule has 0 saturated heterocycles. The molecule has 0 aliphatic rings. The number of amides is 2. The number of ketones is 1. The number of nitrogens with one attached hydrogen (secondary N) is 2. The van der Waals surface area contributed by atoms with E-state index >= 15 is 0 Å². The van der Waals surface area contributed by atoms with E-state index in [1.807, 2.05) is 0 Å². The average Bonchev–Trinajstić information content (AvgIpc) is 2.63. The summed E-state index contributed by atoms with van der Waals surface area (Å²) in [6.07, 6.45) is -1.61. The van der Waals surface area contributed by atoms with Gasteiger partial charge < -0.3 is 20.5 Å². The summed E-state index contributed by atoms with van der Waals surface area (Å²) in [4.78, 5) is 46.7. The Labute approximate surface area is 169 Å². The largest absolute Gasteiger partial charge is 0.481 e. The van der Waals surface area contributed by atoms with Crippen molar-refractivity contribution < 1.29 is 33.4 Å². The Morgan fingerprint density at radius 3 is 2.25 bits per heavy atom. The van der Waals surface area contributed by atoms with E-state index in [0.29, 0.717) is 0 Å². The summed E-state index contributed by atoms with van der Waals surface area (Å²) in [7, 11) is 0. The topological polar surface area (TPSA) is 122 Å². The number of carbonyl (C=O) groups is 4. The SMILES string of the molecule is CC(C)[C@H](NC(=O)OCc1ccc(Br)cc1)C(=O)N[C@@H](CC(=O)O)C(=O)CF. The lowest BCUT2D eigenvalue weighted by Crippen LogP contribution is -2.54.